The Kier molecular flexibility index (Phi) is 7.23. The quantitative estimate of drug-likeness (QED) is 0.701. The number of hydrogen-bond donors (Lipinski definition) is 2. The van der Waals surface area contributed by atoms with Gasteiger partial charge in [-0.25, -0.2) is 13.1 Å². The van der Waals surface area contributed by atoms with Crippen LogP contribution in [0.5, 0.6) is 0 Å². The van der Waals surface area contributed by atoms with Crippen molar-refractivity contribution in [2.75, 3.05) is 19.4 Å². The summed E-state index contributed by atoms with van der Waals surface area (Å²) < 4.78 is 37.4. The highest BCUT2D eigenvalue weighted by Crippen LogP contribution is 2.15. The van der Waals surface area contributed by atoms with Gasteiger partial charge in [0.05, 0.1) is 31.8 Å². The standard InChI is InChI=1S/C17H26N2O4S/c1-3-10-18-15-9-11-23-16(17(15)19-24(2,20)21)13-22-12-14-7-5-4-6-8-14/h4-9,11,15-19H,3,10,12-13H2,1-2H3/t15-,16+,17+/m0/s1. The first kappa shape index (κ1) is 18.9. The van der Waals surface area contributed by atoms with E-state index in [1.54, 1.807) is 6.26 Å². The number of rotatable bonds is 9. The zero-order valence-corrected chi connectivity index (χ0v) is 15.0. The molecule has 7 heteroatoms. The van der Waals surface area contributed by atoms with Gasteiger partial charge in [0, 0.05) is 6.04 Å². The van der Waals surface area contributed by atoms with E-state index in [0.29, 0.717) is 13.2 Å². The van der Waals surface area contributed by atoms with Crippen molar-refractivity contribution in [2.45, 2.75) is 38.1 Å². The van der Waals surface area contributed by atoms with Crippen LogP contribution >= 0.6 is 0 Å². The van der Waals surface area contributed by atoms with Crippen molar-refractivity contribution in [3.63, 3.8) is 0 Å². The maximum Gasteiger partial charge on any atom is 0.209 e. The zero-order chi connectivity index (χ0) is 17.4. The highest BCUT2D eigenvalue weighted by Gasteiger charge is 2.34. The second kappa shape index (κ2) is 9.17. The van der Waals surface area contributed by atoms with E-state index in [-0.39, 0.29) is 12.1 Å². The molecular formula is C17H26N2O4S. The molecule has 0 unspecified atom stereocenters. The van der Waals surface area contributed by atoms with Crippen molar-refractivity contribution >= 4 is 10.0 Å². The minimum atomic E-state index is -3.35. The maximum atomic E-state index is 11.7. The molecule has 2 N–H and O–H groups in total. The molecular weight excluding hydrogens is 328 g/mol. The van der Waals surface area contributed by atoms with Crippen LogP contribution < -0.4 is 10.0 Å². The summed E-state index contributed by atoms with van der Waals surface area (Å²) in [7, 11) is -3.35. The molecule has 1 heterocycles. The van der Waals surface area contributed by atoms with E-state index in [2.05, 4.69) is 17.0 Å². The molecule has 0 fully saturated rings. The highest BCUT2D eigenvalue weighted by atomic mass is 32.2. The number of ether oxygens (including phenoxy) is 2. The van der Waals surface area contributed by atoms with Crippen LogP contribution in [-0.2, 0) is 26.1 Å². The molecule has 134 valence electrons. The lowest BCUT2D eigenvalue weighted by molar-refractivity contribution is -0.00716. The largest absolute Gasteiger partial charge is 0.494 e. The molecule has 0 aromatic heterocycles. The van der Waals surface area contributed by atoms with Crippen LogP contribution in [0.25, 0.3) is 0 Å². The number of hydrogen-bond acceptors (Lipinski definition) is 5. The summed E-state index contributed by atoms with van der Waals surface area (Å²) in [4.78, 5) is 0. The number of benzene rings is 1. The van der Waals surface area contributed by atoms with Crippen molar-refractivity contribution < 1.29 is 17.9 Å². The van der Waals surface area contributed by atoms with Crippen LogP contribution in [0, 0.1) is 0 Å². The van der Waals surface area contributed by atoms with Gasteiger partial charge in [-0.15, -0.1) is 0 Å². The first-order chi connectivity index (χ1) is 11.5. The van der Waals surface area contributed by atoms with Gasteiger partial charge in [0.1, 0.15) is 6.10 Å². The average Bonchev–Trinajstić information content (AvgIpc) is 2.54. The van der Waals surface area contributed by atoms with Crippen molar-refractivity contribution in [1.82, 2.24) is 10.0 Å². The molecule has 24 heavy (non-hydrogen) atoms. The van der Waals surface area contributed by atoms with Crippen LogP contribution in [0.2, 0.25) is 0 Å². The van der Waals surface area contributed by atoms with Crippen LogP contribution in [0.15, 0.2) is 42.7 Å². The topological polar surface area (TPSA) is 76.7 Å². The lowest BCUT2D eigenvalue weighted by atomic mass is 10.0. The molecule has 0 aliphatic carbocycles. The minimum Gasteiger partial charge on any atom is -0.494 e. The van der Waals surface area contributed by atoms with E-state index in [0.717, 1.165) is 24.8 Å². The molecule has 1 aliphatic rings. The van der Waals surface area contributed by atoms with Crippen LogP contribution in [0.3, 0.4) is 0 Å². The van der Waals surface area contributed by atoms with Gasteiger partial charge >= 0.3 is 0 Å². The second-order valence-electron chi connectivity index (χ2n) is 5.90. The Bertz CT molecular complexity index is 619. The van der Waals surface area contributed by atoms with Crippen molar-refractivity contribution in [3.8, 4) is 0 Å². The summed E-state index contributed by atoms with van der Waals surface area (Å²) >= 11 is 0. The van der Waals surface area contributed by atoms with Gasteiger partial charge < -0.3 is 14.8 Å². The fourth-order valence-corrected chi connectivity index (χ4v) is 3.37. The normalized spacial score (nSPS) is 23.8. The van der Waals surface area contributed by atoms with E-state index in [9.17, 15) is 8.42 Å². The van der Waals surface area contributed by atoms with E-state index >= 15 is 0 Å². The average molecular weight is 354 g/mol. The van der Waals surface area contributed by atoms with E-state index in [4.69, 9.17) is 9.47 Å². The smallest absolute Gasteiger partial charge is 0.209 e. The number of sulfonamides is 1. The molecule has 6 nitrogen and oxygen atoms in total. The third-order valence-corrected chi connectivity index (χ3v) is 4.40. The van der Waals surface area contributed by atoms with E-state index in [1.807, 2.05) is 36.4 Å². The molecule has 0 spiro atoms. The lowest BCUT2D eigenvalue weighted by Crippen LogP contribution is -2.58. The molecule has 3 atom stereocenters. The van der Waals surface area contributed by atoms with Gasteiger partial charge in [0.15, 0.2) is 0 Å². The molecule has 0 amide bonds. The third-order valence-electron chi connectivity index (χ3n) is 3.70. The van der Waals surface area contributed by atoms with Crippen LogP contribution in [-0.4, -0.2) is 46.0 Å². The fourth-order valence-electron chi connectivity index (χ4n) is 2.58. The van der Waals surface area contributed by atoms with Gasteiger partial charge in [-0.1, -0.05) is 37.3 Å². The molecule has 0 saturated carbocycles. The van der Waals surface area contributed by atoms with Gasteiger partial charge in [-0.05, 0) is 24.6 Å². The summed E-state index contributed by atoms with van der Waals surface area (Å²) in [5.74, 6) is 0. The Morgan fingerprint density at radius 1 is 1.25 bits per heavy atom. The van der Waals surface area contributed by atoms with Crippen LogP contribution in [0.4, 0.5) is 0 Å². The Labute approximate surface area is 144 Å². The van der Waals surface area contributed by atoms with Crippen LogP contribution in [0.1, 0.15) is 18.9 Å². The Balaban J connectivity index is 1.98. The number of nitrogens with one attached hydrogen (secondary N) is 2. The van der Waals surface area contributed by atoms with Crippen molar-refractivity contribution in [1.29, 1.82) is 0 Å². The summed E-state index contributed by atoms with van der Waals surface area (Å²) in [6.07, 6.45) is 5.19. The lowest BCUT2D eigenvalue weighted by Gasteiger charge is -2.35. The monoisotopic (exact) mass is 354 g/mol. The summed E-state index contributed by atoms with van der Waals surface area (Å²) in [6, 6.07) is 9.30. The molecule has 1 aliphatic heterocycles. The van der Waals surface area contributed by atoms with E-state index in [1.165, 1.54) is 0 Å². The summed E-state index contributed by atoms with van der Waals surface area (Å²) in [5, 5.41) is 3.33. The summed E-state index contributed by atoms with van der Waals surface area (Å²) in [6.45, 7) is 3.63. The van der Waals surface area contributed by atoms with Gasteiger partial charge in [-0.2, -0.15) is 0 Å². The molecule has 2 rings (SSSR count). The SMILES string of the molecule is CCCN[C@H]1C=CO[C@H](COCc2ccccc2)[C@@H]1NS(C)(=O)=O. The fraction of sp³-hybridized carbons (Fsp3) is 0.529. The molecule has 1 aromatic carbocycles. The third kappa shape index (κ3) is 6.24. The maximum absolute atomic E-state index is 11.7. The molecule has 0 bridgehead atoms. The zero-order valence-electron chi connectivity index (χ0n) is 14.1. The minimum absolute atomic E-state index is 0.126. The van der Waals surface area contributed by atoms with Crippen molar-refractivity contribution in [3.05, 3.63) is 48.2 Å². The summed E-state index contributed by atoms with van der Waals surface area (Å²) in [5.41, 5.74) is 1.07. The Morgan fingerprint density at radius 3 is 2.67 bits per heavy atom. The predicted molar refractivity (Wildman–Crippen MR) is 94.0 cm³/mol. The first-order valence-electron chi connectivity index (χ1n) is 8.14. The van der Waals surface area contributed by atoms with E-state index < -0.39 is 16.1 Å². The Morgan fingerprint density at radius 2 is 2.00 bits per heavy atom. The van der Waals surface area contributed by atoms with Gasteiger partial charge in [-0.3, -0.25) is 0 Å². The molecule has 0 radical (unpaired) electrons. The molecule has 1 aromatic rings. The van der Waals surface area contributed by atoms with Crippen molar-refractivity contribution in [2.24, 2.45) is 0 Å². The Hall–Kier alpha value is -1.41. The van der Waals surface area contributed by atoms with Gasteiger partial charge in [0.2, 0.25) is 10.0 Å². The molecule has 0 saturated heterocycles. The highest BCUT2D eigenvalue weighted by molar-refractivity contribution is 7.88. The first-order valence-corrected chi connectivity index (χ1v) is 10.0. The van der Waals surface area contributed by atoms with Gasteiger partial charge in [0.25, 0.3) is 0 Å². The predicted octanol–water partition coefficient (Wildman–Crippen LogP) is 1.40. The second-order valence-corrected chi connectivity index (χ2v) is 7.68.